The van der Waals surface area contributed by atoms with Gasteiger partial charge in [-0.05, 0) is 45.0 Å². The molecule has 0 aliphatic heterocycles. The number of nitrogens with zero attached hydrogens (tertiary/aromatic N) is 3. The molecule has 0 atom stereocenters. The summed E-state index contributed by atoms with van der Waals surface area (Å²) in [5.41, 5.74) is 9.28. The molecule has 25 heavy (non-hydrogen) atoms. The zero-order valence-electron chi connectivity index (χ0n) is 14.6. The summed E-state index contributed by atoms with van der Waals surface area (Å²) in [5, 5.41) is 14.0. The van der Waals surface area contributed by atoms with E-state index in [0.29, 0.717) is 12.0 Å². The number of nitro groups is 1. The molecule has 0 radical (unpaired) electrons. The molecule has 0 saturated heterocycles. The van der Waals surface area contributed by atoms with Crippen molar-refractivity contribution in [3.8, 4) is 0 Å². The van der Waals surface area contributed by atoms with Crippen molar-refractivity contribution in [2.45, 2.75) is 20.8 Å². The number of aryl methyl sites for hydroxylation is 1. The highest BCUT2D eigenvalue weighted by atomic mass is 16.6. The van der Waals surface area contributed by atoms with Gasteiger partial charge in [0.15, 0.2) is 6.29 Å². The Morgan fingerprint density at radius 2 is 1.76 bits per heavy atom. The minimum Gasteiger partial charge on any atom is -0.372 e. The Hall–Kier alpha value is -3.09. The second-order valence-corrected chi connectivity index (χ2v) is 5.24. The summed E-state index contributed by atoms with van der Waals surface area (Å²) in [5.74, 6) is 0. The minimum absolute atomic E-state index is 0.112. The summed E-state index contributed by atoms with van der Waals surface area (Å²) in [6.07, 6.45) is 0.504. The van der Waals surface area contributed by atoms with Crippen molar-refractivity contribution in [2.75, 3.05) is 18.0 Å². The van der Waals surface area contributed by atoms with Crippen LogP contribution in [0.25, 0.3) is 0 Å². The zero-order valence-corrected chi connectivity index (χ0v) is 14.6. The second kappa shape index (κ2) is 9.92. The van der Waals surface area contributed by atoms with Crippen LogP contribution in [-0.2, 0) is 0 Å². The van der Waals surface area contributed by atoms with Crippen LogP contribution in [0.1, 0.15) is 29.8 Å². The van der Waals surface area contributed by atoms with Crippen molar-refractivity contribution in [2.24, 2.45) is 5.11 Å². The molecule has 2 aromatic rings. The minimum atomic E-state index is -0.531. The highest BCUT2D eigenvalue weighted by Gasteiger charge is 2.15. The largest absolute Gasteiger partial charge is 0.372 e. The van der Waals surface area contributed by atoms with E-state index in [2.05, 4.69) is 5.11 Å². The van der Waals surface area contributed by atoms with Gasteiger partial charge in [-0.25, -0.2) is 5.53 Å². The first-order valence-electron chi connectivity index (χ1n) is 7.89. The van der Waals surface area contributed by atoms with Crippen LogP contribution in [0, 0.1) is 22.6 Å². The van der Waals surface area contributed by atoms with Crippen LogP contribution in [0.3, 0.4) is 0 Å². The molecule has 0 spiro atoms. The van der Waals surface area contributed by atoms with Gasteiger partial charge >= 0.3 is 0 Å². The molecule has 2 rings (SSSR count). The van der Waals surface area contributed by atoms with Crippen LogP contribution in [0.5, 0.6) is 0 Å². The number of rotatable bonds is 6. The second-order valence-electron chi connectivity index (χ2n) is 5.24. The number of nitro benzene ring substituents is 1. The molecule has 0 saturated carbocycles. The SMILES string of the molecule is CCN(CC)c1ccc(C=O)c([N+](=O)[O-])c1.Cc1ccc(N=N)cc1. The van der Waals surface area contributed by atoms with Crippen LogP contribution in [0.2, 0.25) is 0 Å². The molecule has 0 fully saturated rings. The van der Waals surface area contributed by atoms with Crippen molar-refractivity contribution >= 4 is 23.3 Å². The lowest BCUT2D eigenvalue weighted by atomic mass is 10.1. The van der Waals surface area contributed by atoms with Crippen LogP contribution in [0.4, 0.5) is 17.1 Å². The molecular formula is C18H22N4O3. The maximum atomic E-state index is 10.8. The number of anilines is 1. The van der Waals surface area contributed by atoms with Crippen molar-refractivity contribution in [3.63, 3.8) is 0 Å². The van der Waals surface area contributed by atoms with Gasteiger partial charge in [-0.1, -0.05) is 17.7 Å². The highest BCUT2D eigenvalue weighted by Crippen LogP contribution is 2.24. The molecule has 0 bridgehead atoms. The monoisotopic (exact) mass is 342 g/mol. The molecule has 0 heterocycles. The van der Waals surface area contributed by atoms with Crippen LogP contribution in [-0.4, -0.2) is 24.3 Å². The number of carbonyl (C=O) groups excluding carboxylic acids is 1. The lowest BCUT2D eigenvalue weighted by Crippen LogP contribution is -2.21. The molecule has 1 N–H and O–H groups in total. The van der Waals surface area contributed by atoms with E-state index >= 15 is 0 Å². The predicted octanol–water partition coefficient (Wildman–Crippen LogP) is 4.91. The predicted molar refractivity (Wildman–Crippen MR) is 98.0 cm³/mol. The maximum absolute atomic E-state index is 10.8. The van der Waals surface area contributed by atoms with E-state index in [0.717, 1.165) is 18.8 Å². The van der Waals surface area contributed by atoms with Crippen molar-refractivity contribution in [3.05, 3.63) is 63.7 Å². The van der Waals surface area contributed by atoms with E-state index in [1.54, 1.807) is 6.07 Å². The normalized spacial score (nSPS) is 9.56. The molecular weight excluding hydrogens is 320 g/mol. The smallest absolute Gasteiger partial charge is 0.281 e. The van der Waals surface area contributed by atoms with E-state index in [1.165, 1.54) is 17.7 Å². The van der Waals surface area contributed by atoms with Gasteiger partial charge < -0.3 is 4.90 Å². The summed E-state index contributed by atoms with van der Waals surface area (Å²) < 4.78 is 0. The lowest BCUT2D eigenvalue weighted by Gasteiger charge is -2.20. The standard InChI is InChI=1S/C11H14N2O3.C7H8N2/c1-3-12(4-2)10-6-5-9(8-14)11(7-10)13(15)16;1-6-2-4-7(9-8)5-3-6/h5-8H,3-4H2,1-2H3;2-5,8H,1H3. The third-order valence-electron chi connectivity index (χ3n) is 3.63. The Kier molecular flexibility index (Phi) is 7.92. The zero-order chi connectivity index (χ0) is 18.8. The number of hydrogen-bond donors (Lipinski definition) is 1. The van der Waals surface area contributed by atoms with E-state index < -0.39 is 4.92 Å². The van der Waals surface area contributed by atoms with E-state index in [4.69, 9.17) is 5.53 Å². The Morgan fingerprint density at radius 3 is 2.20 bits per heavy atom. The Labute approximate surface area is 146 Å². The van der Waals surface area contributed by atoms with Gasteiger partial charge in [0, 0.05) is 24.8 Å². The third kappa shape index (κ3) is 5.80. The fourth-order valence-electron chi connectivity index (χ4n) is 2.19. The average molecular weight is 342 g/mol. The van der Waals surface area contributed by atoms with Crippen molar-refractivity contribution < 1.29 is 9.72 Å². The van der Waals surface area contributed by atoms with Crippen LogP contribution >= 0.6 is 0 Å². The van der Waals surface area contributed by atoms with Gasteiger partial charge in [0.05, 0.1) is 16.2 Å². The molecule has 0 aliphatic rings. The van der Waals surface area contributed by atoms with E-state index in [1.807, 2.05) is 49.9 Å². The number of nitrogens with one attached hydrogen (secondary N) is 1. The first-order chi connectivity index (χ1) is 12.0. The highest BCUT2D eigenvalue weighted by molar-refractivity contribution is 5.82. The number of benzene rings is 2. The van der Waals surface area contributed by atoms with Gasteiger partial charge in [-0.15, -0.1) is 0 Å². The topological polar surface area (TPSA) is 99.7 Å². The molecule has 7 nitrogen and oxygen atoms in total. The van der Waals surface area contributed by atoms with Gasteiger partial charge in [0.1, 0.15) is 0 Å². The molecule has 0 unspecified atom stereocenters. The van der Waals surface area contributed by atoms with E-state index in [9.17, 15) is 14.9 Å². The maximum Gasteiger partial charge on any atom is 0.281 e. The van der Waals surface area contributed by atoms with Gasteiger partial charge in [0.2, 0.25) is 0 Å². The summed E-state index contributed by atoms with van der Waals surface area (Å²) in [6.45, 7) is 7.50. The average Bonchev–Trinajstić information content (AvgIpc) is 2.63. The number of aldehydes is 1. The van der Waals surface area contributed by atoms with E-state index in [-0.39, 0.29) is 11.3 Å². The van der Waals surface area contributed by atoms with Crippen LogP contribution < -0.4 is 4.90 Å². The molecule has 7 heteroatoms. The Balaban J connectivity index is 0.000000293. The molecule has 2 aromatic carbocycles. The molecule has 132 valence electrons. The van der Waals surface area contributed by atoms with Crippen molar-refractivity contribution in [1.29, 1.82) is 5.53 Å². The quantitative estimate of drug-likeness (QED) is 0.349. The summed E-state index contributed by atoms with van der Waals surface area (Å²) in [6, 6.07) is 12.2. The third-order valence-corrected chi connectivity index (χ3v) is 3.63. The number of hydrogen-bond acceptors (Lipinski definition) is 6. The first-order valence-corrected chi connectivity index (χ1v) is 7.89. The van der Waals surface area contributed by atoms with Crippen molar-refractivity contribution in [1.82, 2.24) is 0 Å². The fraction of sp³-hybridized carbons (Fsp3) is 0.278. The van der Waals surface area contributed by atoms with Gasteiger partial charge in [-0.2, -0.15) is 5.11 Å². The Bertz CT molecular complexity index is 726. The van der Waals surface area contributed by atoms with Gasteiger partial charge in [0.25, 0.3) is 5.69 Å². The summed E-state index contributed by atoms with van der Waals surface area (Å²) in [7, 11) is 0. The summed E-state index contributed by atoms with van der Waals surface area (Å²) in [4.78, 5) is 22.9. The number of carbonyl (C=O) groups is 1. The summed E-state index contributed by atoms with van der Waals surface area (Å²) >= 11 is 0. The van der Waals surface area contributed by atoms with Gasteiger partial charge in [-0.3, -0.25) is 14.9 Å². The Morgan fingerprint density at radius 1 is 1.16 bits per heavy atom. The molecule has 0 aliphatic carbocycles. The first kappa shape index (κ1) is 20.0. The van der Waals surface area contributed by atoms with Crippen LogP contribution in [0.15, 0.2) is 47.6 Å². The lowest BCUT2D eigenvalue weighted by molar-refractivity contribution is -0.385. The molecule has 0 amide bonds. The molecule has 0 aromatic heterocycles. The fourth-order valence-corrected chi connectivity index (χ4v) is 2.19.